The maximum Gasteiger partial charge on any atom is 0.316 e. The number of carbonyl (C=O) groups is 1. The molecule has 2 aliphatic rings. The Morgan fingerprint density at radius 3 is 2.52 bits per heavy atom. The second-order valence-electron chi connectivity index (χ2n) is 8.75. The number of phenols is 2. The Hall–Kier alpha value is -1.71. The molecule has 1 fully saturated rings. The third kappa shape index (κ3) is 2.44. The van der Waals surface area contributed by atoms with Gasteiger partial charge < -0.3 is 14.9 Å². The molecule has 0 aromatic heterocycles. The number of phenolic OH excluding ortho intramolecular Hbond substituents is 2. The first kappa shape index (κ1) is 18.1. The molecule has 4 heteroatoms. The van der Waals surface area contributed by atoms with Crippen LogP contribution in [0.1, 0.15) is 76.0 Å². The van der Waals surface area contributed by atoms with Gasteiger partial charge in [-0.25, -0.2) is 0 Å². The summed E-state index contributed by atoms with van der Waals surface area (Å²) in [6.07, 6.45) is 4.34. The second-order valence-corrected chi connectivity index (χ2v) is 8.75. The van der Waals surface area contributed by atoms with Gasteiger partial charge in [0.25, 0.3) is 0 Å². The smallest absolute Gasteiger partial charge is 0.316 e. The molecule has 4 nitrogen and oxygen atoms in total. The lowest BCUT2D eigenvalue weighted by molar-refractivity contribution is -0.156. The first-order chi connectivity index (χ1) is 11.7. The fourth-order valence-electron chi connectivity index (χ4n) is 5.47. The van der Waals surface area contributed by atoms with E-state index in [1.807, 2.05) is 19.9 Å². The highest BCUT2D eigenvalue weighted by Crippen LogP contribution is 2.61. The van der Waals surface area contributed by atoms with E-state index in [9.17, 15) is 15.0 Å². The van der Waals surface area contributed by atoms with Crippen molar-refractivity contribution < 1.29 is 19.7 Å². The normalized spacial score (nSPS) is 27.5. The minimum atomic E-state index is -0.860. The summed E-state index contributed by atoms with van der Waals surface area (Å²) in [6.45, 7) is 8.40. The van der Waals surface area contributed by atoms with Crippen LogP contribution >= 0.6 is 0 Å². The summed E-state index contributed by atoms with van der Waals surface area (Å²) in [4.78, 5) is 13.0. The topological polar surface area (TPSA) is 66.8 Å². The van der Waals surface area contributed by atoms with E-state index in [1.165, 1.54) is 7.11 Å². The lowest BCUT2D eigenvalue weighted by Gasteiger charge is -2.54. The van der Waals surface area contributed by atoms with Gasteiger partial charge in [0.05, 0.1) is 7.11 Å². The molecule has 1 aromatic carbocycles. The molecule has 2 aliphatic carbocycles. The zero-order chi connectivity index (χ0) is 18.6. The van der Waals surface area contributed by atoms with E-state index in [0.29, 0.717) is 12.0 Å². The number of esters is 1. The van der Waals surface area contributed by atoms with Crippen molar-refractivity contribution in [3.05, 3.63) is 22.8 Å². The number of aromatic hydroxyl groups is 2. The van der Waals surface area contributed by atoms with Crippen LogP contribution in [0.15, 0.2) is 6.07 Å². The number of rotatable bonds is 2. The summed E-state index contributed by atoms with van der Waals surface area (Å²) >= 11 is 0. The summed E-state index contributed by atoms with van der Waals surface area (Å²) in [7, 11) is 1.42. The molecule has 1 saturated carbocycles. The van der Waals surface area contributed by atoms with Gasteiger partial charge in [0.15, 0.2) is 11.5 Å². The molecule has 0 unspecified atom stereocenters. The molecule has 138 valence electrons. The fourth-order valence-corrected chi connectivity index (χ4v) is 5.47. The number of fused-ring (bicyclic) bond motifs is 3. The van der Waals surface area contributed by atoms with Crippen LogP contribution in [-0.4, -0.2) is 23.3 Å². The third-order valence-electron chi connectivity index (χ3n) is 6.64. The number of benzene rings is 1. The highest BCUT2D eigenvalue weighted by Gasteiger charge is 2.59. The third-order valence-corrected chi connectivity index (χ3v) is 6.64. The Balaban J connectivity index is 2.31. The van der Waals surface area contributed by atoms with Crippen LogP contribution in [0.5, 0.6) is 11.5 Å². The van der Waals surface area contributed by atoms with E-state index >= 15 is 0 Å². The van der Waals surface area contributed by atoms with Gasteiger partial charge in [-0.15, -0.1) is 0 Å². The molecule has 3 rings (SSSR count). The molecule has 2 N–H and O–H groups in total. The molecular weight excluding hydrogens is 316 g/mol. The predicted octanol–water partition coefficient (Wildman–Crippen LogP) is 4.40. The summed E-state index contributed by atoms with van der Waals surface area (Å²) in [5, 5.41) is 21.5. The van der Waals surface area contributed by atoms with E-state index in [1.54, 1.807) is 0 Å². The predicted molar refractivity (Wildman–Crippen MR) is 97.0 cm³/mol. The first-order valence-electron chi connectivity index (χ1n) is 9.33. The maximum atomic E-state index is 13.0. The summed E-state index contributed by atoms with van der Waals surface area (Å²) in [6, 6.07) is 1.98. The van der Waals surface area contributed by atoms with Gasteiger partial charge in [-0.05, 0) is 48.5 Å². The van der Waals surface area contributed by atoms with Gasteiger partial charge in [0.1, 0.15) is 5.41 Å². The molecule has 25 heavy (non-hydrogen) atoms. The van der Waals surface area contributed by atoms with Gasteiger partial charge in [0.2, 0.25) is 0 Å². The Bertz CT molecular complexity index is 704. The highest BCUT2D eigenvalue weighted by molar-refractivity contribution is 5.87. The maximum absolute atomic E-state index is 13.0. The Morgan fingerprint density at radius 2 is 1.92 bits per heavy atom. The van der Waals surface area contributed by atoms with Gasteiger partial charge in [-0.1, -0.05) is 40.2 Å². The Kier molecular flexibility index (Phi) is 4.29. The number of hydrogen-bond acceptors (Lipinski definition) is 4. The van der Waals surface area contributed by atoms with Crippen LogP contribution in [0.25, 0.3) is 0 Å². The van der Waals surface area contributed by atoms with E-state index in [0.717, 1.165) is 36.8 Å². The SMILES string of the molecule is COC(=O)[C@@]12CCCC(C)(C)[C@H]1CCc1cc(C(C)C)c(O)c(O)c12. The minimum Gasteiger partial charge on any atom is -0.504 e. The van der Waals surface area contributed by atoms with Crippen LogP contribution in [-0.2, 0) is 21.4 Å². The minimum absolute atomic E-state index is 0.0110. The molecule has 0 saturated heterocycles. The number of carbonyl (C=O) groups excluding carboxylic acids is 1. The quantitative estimate of drug-likeness (QED) is 0.615. The highest BCUT2D eigenvalue weighted by atomic mass is 16.5. The fraction of sp³-hybridized carbons (Fsp3) is 0.667. The van der Waals surface area contributed by atoms with Gasteiger partial charge >= 0.3 is 5.97 Å². The van der Waals surface area contributed by atoms with E-state index < -0.39 is 5.41 Å². The average Bonchev–Trinajstić information content (AvgIpc) is 2.55. The van der Waals surface area contributed by atoms with Crippen LogP contribution in [0.3, 0.4) is 0 Å². The van der Waals surface area contributed by atoms with E-state index in [-0.39, 0.29) is 34.7 Å². The molecule has 0 bridgehead atoms. The van der Waals surface area contributed by atoms with Crippen molar-refractivity contribution >= 4 is 5.97 Å². The molecule has 0 radical (unpaired) electrons. The molecule has 0 spiro atoms. The van der Waals surface area contributed by atoms with Crippen LogP contribution in [0, 0.1) is 11.3 Å². The Morgan fingerprint density at radius 1 is 1.24 bits per heavy atom. The molecule has 1 aromatic rings. The number of aryl methyl sites for hydroxylation is 1. The summed E-state index contributed by atoms with van der Waals surface area (Å²) in [5.74, 6) is -0.275. The zero-order valence-corrected chi connectivity index (χ0v) is 16.0. The molecule has 0 aliphatic heterocycles. The van der Waals surface area contributed by atoms with E-state index in [2.05, 4.69) is 13.8 Å². The monoisotopic (exact) mass is 346 g/mol. The summed E-state index contributed by atoms with van der Waals surface area (Å²) in [5.41, 5.74) is 1.47. The lowest BCUT2D eigenvalue weighted by atomic mass is 9.49. The van der Waals surface area contributed by atoms with Gasteiger partial charge in [-0.3, -0.25) is 4.79 Å². The van der Waals surface area contributed by atoms with E-state index in [4.69, 9.17) is 4.74 Å². The lowest BCUT2D eigenvalue weighted by Crippen LogP contribution is -2.54. The van der Waals surface area contributed by atoms with Crippen LogP contribution in [0.4, 0.5) is 0 Å². The standard InChI is InChI=1S/C21H30O4/c1-12(2)14-11-13-7-8-15-20(3,4)9-6-10-21(15,19(24)25-5)16(13)18(23)17(14)22/h11-12,15,22-23H,6-10H2,1-5H3/t15-,21+/m1/s1. The van der Waals surface area contributed by atoms with Crippen molar-refractivity contribution in [2.45, 2.75) is 71.1 Å². The zero-order valence-electron chi connectivity index (χ0n) is 16.0. The second kappa shape index (κ2) is 5.93. The Labute approximate surface area is 150 Å². The molecule has 0 heterocycles. The number of hydrogen-bond donors (Lipinski definition) is 2. The van der Waals surface area contributed by atoms with Crippen LogP contribution in [0.2, 0.25) is 0 Å². The van der Waals surface area contributed by atoms with Gasteiger partial charge in [0, 0.05) is 11.1 Å². The van der Waals surface area contributed by atoms with Crippen molar-refractivity contribution in [1.82, 2.24) is 0 Å². The van der Waals surface area contributed by atoms with Crippen molar-refractivity contribution in [2.24, 2.45) is 11.3 Å². The van der Waals surface area contributed by atoms with Gasteiger partial charge in [-0.2, -0.15) is 0 Å². The molecule has 0 amide bonds. The van der Waals surface area contributed by atoms with Crippen LogP contribution < -0.4 is 0 Å². The number of methoxy groups -OCH3 is 1. The van der Waals surface area contributed by atoms with Crippen molar-refractivity contribution in [3.8, 4) is 11.5 Å². The molecular formula is C21H30O4. The molecule has 2 atom stereocenters. The number of ether oxygens (including phenoxy) is 1. The largest absolute Gasteiger partial charge is 0.504 e. The van der Waals surface area contributed by atoms with Crippen molar-refractivity contribution in [1.29, 1.82) is 0 Å². The van der Waals surface area contributed by atoms with Crippen molar-refractivity contribution in [3.63, 3.8) is 0 Å². The van der Waals surface area contributed by atoms with Crippen molar-refractivity contribution in [2.75, 3.05) is 7.11 Å². The first-order valence-corrected chi connectivity index (χ1v) is 9.33. The average molecular weight is 346 g/mol. The summed E-state index contributed by atoms with van der Waals surface area (Å²) < 4.78 is 5.24.